The van der Waals surface area contributed by atoms with E-state index >= 15 is 0 Å². The van der Waals surface area contributed by atoms with Gasteiger partial charge in [-0.15, -0.1) is 0 Å². The number of piperidine rings is 1. The van der Waals surface area contributed by atoms with Crippen LogP contribution in [0.1, 0.15) is 53.0 Å². The van der Waals surface area contributed by atoms with Crippen molar-refractivity contribution in [3.63, 3.8) is 0 Å². The molecule has 1 fully saturated rings. The van der Waals surface area contributed by atoms with E-state index in [0.29, 0.717) is 35.9 Å². The number of rotatable bonds is 7. The summed E-state index contributed by atoms with van der Waals surface area (Å²) in [7, 11) is 1.69. The molecule has 4 aromatic rings. The normalized spacial score (nSPS) is 14.2. The molecule has 0 radical (unpaired) electrons. The number of halogens is 1. The quantitative estimate of drug-likeness (QED) is 0.382. The Labute approximate surface area is 210 Å². The van der Waals surface area contributed by atoms with Crippen LogP contribution in [0.4, 0.5) is 10.1 Å². The van der Waals surface area contributed by atoms with Gasteiger partial charge < -0.3 is 15.0 Å². The monoisotopic (exact) mass is 486 g/mol. The van der Waals surface area contributed by atoms with E-state index in [0.717, 1.165) is 37.2 Å². The third-order valence-corrected chi connectivity index (χ3v) is 7.05. The van der Waals surface area contributed by atoms with Crippen molar-refractivity contribution in [3.05, 3.63) is 95.2 Å². The Morgan fingerprint density at radius 1 is 1.08 bits per heavy atom. The van der Waals surface area contributed by atoms with Crippen LogP contribution in [0.2, 0.25) is 0 Å². The molecule has 0 atom stereocenters. The molecule has 186 valence electrons. The van der Waals surface area contributed by atoms with Crippen LogP contribution in [0.15, 0.2) is 66.9 Å². The Kier molecular flexibility index (Phi) is 6.89. The summed E-state index contributed by atoms with van der Waals surface area (Å²) in [6, 6.07) is 19.5. The number of aryl methyl sites for hydroxylation is 1. The summed E-state index contributed by atoms with van der Waals surface area (Å²) in [5.41, 5.74) is 5.17. The minimum absolute atomic E-state index is 0.212. The lowest BCUT2D eigenvalue weighted by Gasteiger charge is -2.34. The molecule has 6 nitrogen and oxygen atoms in total. The van der Waals surface area contributed by atoms with E-state index in [4.69, 9.17) is 4.74 Å². The Balaban J connectivity index is 1.18. The average molecular weight is 487 g/mol. The minimum Gasteiger partial charge on any atom is -0.497 e. The number of methoxy groups -OCH3 is 1. The van der Waals surface area contributed by atoms with E-state index in [2.05, 4.69) is 51.6 Å². The van der Waals surface area contributed by atoms with Gasteiger partial charge in [0.1, 0.15) is 22.9 Å². The van der Waals surface area contributed by atoms with Gasteiger partial charge in [-0.3, -0.25) is 9.20 Å². The number of nitrogens with one attached hydrogen (secondary N) is 1. The molecule has 1 saturated heterocycles. The van der Waals surface area contributed by atoms with Crippen LogP contribution >= 0.6 is 0 Å². The molecule has 7 heteroatoms. The number of hydrogen-bond acceptors (Lipinski definition) is 4. The standard InChI is InChI=1S/C29H31FN4O2/c1-3-26-28(34-17-14-23(30)18-27(34)32-26)29(35)31-19-20-4-8-24(9-5-20)33-15-12-22(13-16-33)21-6-10-25(36-2)11-7-21/h4-11,14,17-18,22H,3,12-13,15-16,19H2,1-2H3,(H,31,35). The van der Waals surface area contributed by atoms with E-state index < -0.39 is 0 Å². The highest BCUT2D eigenvalue weighted by atomic mass is 19.1. The molecule has 2 aromatic heterocycles. The van der Waals surface area contributed by atoms with Gasteiger partial charge in [-0.25, -0.2) is 9.37 Å². The molecule has 1 N–H and O–H groups in total. The lowest BCUT2D eigenvalue weighted by atomic mass is 9.89. The van der Waals surface area contributed by atoms with Crippen molar-refractivity contribution in [2.45, 2.75) is 38.6 Å². The summed E-state index contributed by atoms with van der Waals surface area (Å²) in [5, 5.41) is 3.00. The zero-order chi connectivity index (χ0) is 25.1. The number of fused-ring (bicyclic) bond motifs is 1. The smallest absolute Gasteiger partial charge is 0.270 e. The van der Waals surface area contributed by atoms with Crippen LogP contribution in [0.25, 0.3) is 5.65 Å². The van der Waals surface area contributed by atoms with Gasteiger partial charge in [-0.05, 0) is 66.6 Å². The first-order valence-corrected chi connectivity index (χ1v) is 12.5. The van der Waals surface area contributed by atoms with Crippen molar-refractivity contribution < 1.29 is 13.9 Å². The molecule has 36 heavy (non-hydrogen) atoms. The number of pyridine rings is 1. The third kappa shape index (κ3) is 4.91. The van der Waals surface area contributed by atoms with Crippen molar-refractivity contribution in [2.24, 2.45) is 0 Å². The maximum atomic E-state index is 13.6. The predicted octanol–water partition coefficient (Wildman–Crippen LogP) is 5.36. The van der Waals surface area contributed by atoms with E-state index in [1.165, 1.54) is 23.4 Å². The van der Waals surface area contributed by atoms with Gasteiger partial charge in [0.25, 0.3) is 5.91 Å². The fourth-order valence-corrected chi connectivity index (χ4v) is 4.99. The zero-order valence-corrected chi connectivity index (χ0v) is 20.7. The number of carbonyl (C=O) groups excluding carboxylic acids is 1. The van der Waals surface area contributed by atoms with Gasteiger partial charge in [-0.2, -0.15) is 0 Å². The van der Waals surface area contributed by atoms with Gasteiger partial charge >= 0.3 is 0 Å². The minimum atomic E-state index is -0.368. The third-order valence-electron chi connectivity index (χ3n) is 7.05. The lowest BCUT2D eigenvalue weighted by Crippen LogP contribution is -2.32. The molecule has 1 aliphatic heterocycles. The summed E-state index contributed by atoms with van der Waals surface area (Å²) >= 11 is 0. The Hall–Kier alpha value is -3.87. The fourth-order valence-electron chi connectivity index (χ4n) is 4.99. The van der Waals surface area contributed by atoms with Gasteiger partial charge in [0.15, 0.2) is 0 Å². The highest BCUT2D eigenvalue weighted by molar-refractivity contribution is 5.94. The molecule has 3 heterocycles. The number of carbonyl (C=O) groups is 1. The summed E-state index contributed by atoms with van der Waals surface area (Å²) in [6.07, 6.45) is 4.38. The SMILES string of the molecule is CCc1nc2cc(F)ccn2c1C(=O)NCc1ccc(N2CCC(c3ccc(OC)cc3)CC2)cc1. The fraction of sp³-hybridized carbons (Fsp3) is 0.310. The molecule has 5 rings (SSSR count). The largest absolute Gasteiger partial charge is 0.497 e. The molecule has 0 saturated carbocycles. The number of nitrogens with zero attached hydrogens (tertiary/aromatic N) is 3. The zero-order valence-electron chi connectivity index (χ0n) is 20.7. The van der Waals surface area contributed by atoms with Crippen molar-refractivity contribution in [1.29, 1.82) is 0 Å². The van der Waals surface area contributed by atoms with Crippen molar-refractivity contribution in [2.75, 3.05) is 25.1 Å². The maximum Gasteiger partial charge on any atom is 0.270 e. The molecule has 1 aliphatic rings. The van der Waals surface area contributed by atoms with Crippen LogP contribution in [0.5, 0.6) is 5.75 Å². The second kappa shape index (κ2) is 10.4. The Bertz CT molecular complexity index is 1340. The topological polar surface area (TPSA) is 58.9 Å². The molecule has 0 aliphatic carbocycles. The average Bonchev–Trinajstić information content (AvgIpc) is 3.30. The number of imidazole rings is 1. The van der Waals surface area contributed by atoms with Gasteiger partial charge in [0.2, 0.25) is 0 Å². The molecule has 0 spiro atoms. The number of anilines is 1. The number of hydrogen-bond donors (Lipinski definition) is 1. The number of benzene rings is 2. The van der Waals surface area contributed by atoms with Crippen LogP contribution in [-0.4, -0.2) is 35.5 Å². The summed E-state index contributed by atoms with van der Waals surface area (Å²) in [4.78, 5) is 19.8. The molecular formula is C29H31FN4O2. The van der Waals surface area contributed by atoms with Crippen molar-refractivity contribution in [1.82, 2.24) is 14.7 Å². The number of amides is 1. The molecule has 0 bridgehead atoms. The maximum absolute atomic E-state index is 13.6. The van der Waals surface area contributed by atoms with Crippen LogP contribution in [0, 0.1) is 5.82 Å². The summed E-state index contributed by atoms with van der Waals surface area (Å²) < 4.78 is 20.5. The van der Waals surface area contributed by atoms with Crippen molar-refractivity contribution in [3.8, 4) is 5.75 Å². The van der Waals surface area contributed by atoms with Gasteiger partial charge in [0, 0.05) is 37.6 Å². The van der Waals surface area contributed by atoms with E-state index in [-0.39, 0.29) is 11.7 Å². The first-order chi connectivity index (χ1) is 17.6. The first-order valence-electron chi connectivity index (χ1n) is 12.5. The van der Waals surface area contributed by atoms with Crippen LogP contribution < -0.4 is 15.0 Å². The van der Waals surface area contributed by atoms with E-state index in [1.807, 2.05) is 19.1 Å². The molecule has 2 aromatic carbocycles. The predicted molar refractivity (Wildman–Crippen MR) is 139 cm³/mol. The number of ether oxygens (including phenoxy) is 1. The lowest BCUT2D eigenvalue weighted by molar-refractivity contribution is 0.0944. The molecule has 0 unspecified atom stereocenters. The van der Waals surface area contributed by atoms with Crippen LogP contribution in [0.3, 0.4) is 0 Å². The highest BCUT2D eigenvalue weighted by Gasteiger charge is 2.21. The summed E-state index contributed by atoms with van der Waals surface area (Å²) in [6.45, 7) is 4.38. The molecular weight excluding hydrogens is 455 g/mol. The molecule has 1 amide bonds. The van der Waals surface area contributed by atoms with E-state index in [1.54, 1.807) is 17.7 Å². The highest BCUT2D eigenvalue weighted by Crippen LogP contribution is 2.31. The second-order valence-electron chi connectivity index (χ2n) is 9.22. The van der Waals surface area contributed by atoms with Crippen LogP contribution in [-0.2, 0) is 13.0 Å². The Morgan fingerprint density at radius 3 is 2.47 bits per heavy atom. The second-order valence-corrected chi connectivity index (χ2v) is 9.22. The van der Waals surface area contributed by atoms with Crippen molar-refractivity contribution >= 4 is 17.2 Å². The summed E-state index contributed by atoms with van der Waals surface area (Å²) in [5.74, 6) is 0.890. The first kappa shape index (κ1) is 23.9. The van der Waals surface area contributed by atoms with Gasteiger partial charge in [0.05, 0.1) is 12.8 Å². The Morgan fingerprint density at radius 2 is 1.81 bits per heavy atom. The van der Waals surface area contributed by atoms with Gasteiger partial charge in [-0.1, -0.05) is 31.2 Å². The number of aromatic nitrogens is 2. The van der Waals surface area contributed by atoms with E-state index in [9.17, 15) is 9.18 Å².